The van der Waals surface area contributed by atoms with Crippen molar-refractivity contribution in [2.75, 3.05) is 13.2 Å². The molecule has 0 saturated heterocycles. The van der Waals surface area contributed by atoms with Crippen LogP contribution in [0.4, 0.5) is 0 Å². The number of carbonyl (C=O) groups excluding carboxylic acids is 1. The molecule has 2 N–H and O–H groups in total. The monoisotopic (exact) mass is 432 g/mol. The lowest BCUT2D eigenvalue weighted by Gasteiger charge is -2.37. The van der Waals surface area contributed by atoms with Gasteiger partial charge in [-0.2, -0.15) is 0 Å². The first-order valence-corrected chi connectivity index (χ1v) is 11.6. The van der Waals surface area contributed by atoms with Crippen molar-refractivity contribution in [2.24, 2.45) is 11.7 Å². The zero-order valence-corrected chi connectivity index (χ0v) is 19.1. The third-order valence-corrected chi connectivity index (χ3v) is 7.13. The fourth-order valence-corrected chi connectivity index (χ4v) is 5.58. The van der Waals surface area contributed by atoms with Gasteiger partial charge in [-0.15, -0.1) is 0 Å². The number of hydrogen-bond acceptors (Lipinski definition) is 2. The van der Waals surface area contributed by atoms with E-state index in [1.165, 1.54) is 5.82 Å². The Morgan fingerprint density at radius 1 is 1.09 bits per heavy atom. The Hall–Kier alpha value is -2.92. The van der Waals surface area contributed by atoms with E-state index < -0.39 is 5.41 Å². The number of amides is 1. The molecule has 0 unspecified atom stereocenters. The first kappa shape index (κ1) is 22.3. The van der Waals surface area contributed by atoms with E-state index in [2.05, 4.69) is 28.5 Å². The molecule has 2 atom stereocenters. The summed E-state index contributed by atoms with van der Waals surface area (Å²) < 4.78 is 10.1. The molecular weight excluding hydrogens is 398 g/mol. The van der Waals surface area contributed by atoms with E-state index in [4.69, 9.17) is 10.5 Å². The second-order valence-electron chi connectivity index (χ2n) is 8.71. The van der Waals surface area contributed by atoms with E-state index in [0.717, 1.165) is 43.5 Å². The van der Waals surface area contributed by atoms with Gasteiger partial charge < -0.3 is 10.5 Å². The molecule has 1 heterocycles. The molecule has 0 radical (unpaired) electrons. The highest BCUT2D eigenvalue weighted by Gasteiger charge is 2.51. The number of imidazole rings is 1. The van der Waals surface area contributed by atoms with E-state index in [1.54, 1.807) is 0 Å². The highest BCUT2D eigenvalue weighted by molar-refractivity contribution is 5.91. The van der Waals surface area contributed by atoms with E-state index in [1.807, 2.05) is 67.6 Å². The Bertz CT molecular complexity index is 990. The molecule has 5 nitrogen and oxygen atoms in total. The predicted molar refractivity (Wildman–Crippen MR) is 125 cm³/mol. The van der Waals surface area contributed by atoms with Crippen molar-refractivity contribution in [1.29, 1.82) is 0 Å². The smallest absolute Gasteiger partial charge is 0.253 e. The Labute approximate surface area is 190 Å². The van der Waals surface area contributed by atoms with E-state index >= 15 is 0 Å². The van der Waals surface area contributed by atoms with Crippen molar-refractivity contribution in [2.45, 2.75) is 51.1 Å². The summed E-state index contributed by atoms with van der Waals surface area (Å²) in [5.74, 6) is 1.09. The van der Waals surface area contributed by atoms with Gasteiger partial charge in [-0.3, -0.25) is 4.79 Å². The summed E-state index contributed by atoms with van der Waals surface area (Å²) in [4.78, 5) is 13.3. The van der Waals surface area contributed by atoms with Gasteiger partial charge >= 0.3 is 0 Å². The molecule has 32 heavy (non-hydrogen) atoms. The van der Waals surface area contributed by atoms with Gasteiger partial charge in [0.2, 0.25) is 5.91 Å². The number of nitrogens with zero attached hydrogens (tertiary/aromatic N) is 2. The van der Waals surface area contributed by atoms with Crippen LogP contribution in [0, 0.1) is 12.8 Å². The van der Waals surface area contributed by atoms with Crippen LogP contribution >= 0.6 is 0 Å². The normalized spacial score (nSPS) is 18.7. The predicted octanol–water partition coefficient (Wildman–Crippen LogP) is 3.93. The number of benzene rings is 2. The molecule has 168 valence electrons. The van der Waals surface area contributed by atoms with E-state index in [0.29, 0.717) is 12.6 Å². The number of nitrogens with two attached hydrogens (primary N) is 1. The van der Waals surface area contributed by atoms with Crippen LogP contribution < -0.4 is 10.3 Å². The van der Waals surface area contributed by atoms with Gasteiger partial charge in [0.05, 0.1) is 6.61 Å². The van der Waals surface area contributed by atoms with Crippen LogP contribution in [-0.4, -0.2) is 23.7 Å². The Morgan fingerprint density at radius 3 is 2.28 bits per heavy atom. The molecule has 1 aliphatic carbocycles. The molecule has 0 bridgehead atoms. The van der Waals surface area contributed by atoms with Crippen molar-refractivity contribution >= 4 is 5.91 Å². The minimum absolute atomic E-state index is 0.133. The van der Waals surface area contributed by atoms with Gasteiger partial charge in [0.15, 0.2) is 0 Å². The maximum absolute atomic E-state index is 13.3. The zero-order chi connectivity index (χ0) is 22.6. The van der Waals surface area contributed by atoms with E-state index in [-0.39, 0.29) is 11.8 Å². The molecule has 0 spiro atoms. The van der Waals surface area contributed by atoms with E-state index in [9.17, 15) is 4.79 Å². The lowest BCUT2D eigenvalue weighted by molar-refractivity contribution is -0.704. The lowest BCUT2D eigenvalue weighted by atomic mass is 9.64. The average molecular weight is 433 g/mol. The minimum Gasteiger partial charge on any atom is -0.378 e. The summed E-state index contributed by atoms with van der Waals surface area (Å²) in [6.45, 7) is 6.48. The molecule has 1 fully saturated rings. The number of ether oxygens (including phenoxy) is 1. The van der Waals surface area contributed by atoms with Gasteiger partial charge in [0, 0.05) is 13.5 Å². The highest BCUT2D eigenvalue weighted by Crippen LogP contribution is 2.49. The second-order valence-corrected chi connectivity index (χ2v) is 8.71. The Morgan fingerprint density at radius 2 is 1.72 bits per heavy atom. The number of primary amides is 1. The topological polar surface area (TPSA) is 61.1 Å². The van der Waals surface area contributed by atoms with Gasteiger partial charge in [-0.25, -0.2) is 9.13 Å². The SMILES string of the molecule is CCOCC[n+]1ccn([C@@H]2CC[C@H](C(C(N)=O)(c3ccccc3)c3ccccc3)C2)c1C. The first-order valence-electron chi connectivity index (χ1n) is 11.6. The second kappa shape index (κ2) is 9.70. The molecule has 2 aromatic carbocycles. The summed E-state index contributed by atoms with van der Waals surface area (Å²) in [5.41, 5.74) is 7.38. The number of rotatable bonds is 9. The van der Waals surface area contributed by atoms with Gasteiger partial charge in [0.1, 0.15) is 30.4 Å². The fraction of sp³-hybridized carbons (Fsp3) is 0.407. The summed E-state index contributed by atoms with van der Waals surface area (Å²) in [7, 11) is 0. The molecule has 1 amide bonds. The van der Waals surface area contributed by atoms with Crippen molar-refractivity contribution in [3.05, 3.63) is 90.0 Å². The van der Waals surface area contributed by atoms with Crippen LogP contribution in [0.15, 0.2) is 73.1 Å². The zero-order valence-electron chi connectivity index (χ0n) is 19.1. The summed E-state index contributed by atoms with van der Waals surface area (Å²) in [5, 5.41) is 0. The van der Waals surface area contributed by atoms with Crippen LogP contribution in [0.25, 0.3) is 0 Å². The third kappa shape index (κ3) is 3.97. The van der Waals surface area contributed by atoms with Gasteiger partial charge in [-0.05, 0) is 43.2 Å². The molecule has 5 heteroatoms. The molecule has 0 aliphatic heterocycles. The molecule has 1 aliphatic rings. The standard InChI is InChI=1S/C27H33N3O2/c1-3-32-19-18-29-16-17-30(21(29)2)25-15-14-24(20-25)27(26(28)31,22-10-6-4-7-11-22)23-12-8-5-9-13-23/h4-13,16-17,24-25H,3,14-15,18-20H2,1-2H3,(H-,28,31)/p+1/t24-,25+/m0/s1. The van der Waals surface area contributed by atoms with Crippen molar-refractivity contribution in [1.82, 2.24) is 4.57 Å². The number of carbonyl (C=O) groups is 1. The minimum atomic E-state index is -0.830. The van der Waals surface area contributed by atoms with Crippen molar-refractivity contribution in [3.63, 3.8) is 0 Å². The van der Waals surface area contributed by atoms with Crippen LogP contribution in [-0.2, 0) is 21.5 Å². The summed E-state index contributed by atoms with van der Waals surface area (Å²) in [6.07, 6.45) is 7.20. The largest absolute Gasteiger partial charge is 0.378 e. The lowest BCUT2D eigenvalue weighted by Crippen LogP contribution is -2.47. The third-order valence-electron chi connectivity index (χ3n) is 7.13. The Balaban J connectivity index is 1.67. The van der Waals surface area contributed by atoms with Crippen LogP contribution in [0.2, 0.25) is 0 Å². The van der Waals surface area contributed by atoms with Crippen LogP contribution in [0.5, 0.6) is 0 Å². The number of aromatic nitrogens is 2. The summed E-state index contributed by atoms with van der Waals surface area (Å²) >= 11 is 0. The fourth-order valence-electron chi connectivity index (χ4n) is 5.58. The maximum atomic E-state index is 13.3. The van der Waals surface area contributed by atoms with Crippen molar-refractivity contribution in [3.8, 4) is 0 Å². The highest BCUT2D eigenvalue weighted by atomic mass is 16.5. The van der Waals surface area contributed by atoms with Crippen molar-refractivity contribution < 1.29 is 14.1 Å². The summed E-state index contributed by atoms with van der Waals surface area (Å²) in [6, 6.07) is 20.5. The van der Waals surface area contributed by atoms with Gasteiger partial charge in [-0.1, -0.05) is 60.7 Å². The molecular formula is C27H34N3O2+. The maximum Gasteiger partial charge on any atom is 0.253 e. The average Bonchev–Trinajstić information content (AvgIpc) is 3.43. The van der Waals surface area contributed by atoms with Gasteiger partial charge in [0.25, 0.3) is 5.82 Å². The van der Waals surface area contributed by atoms with Crippen LogP contribution in [0.1, 0.15) is 49.2 Å². The molecule has 1 saturated carbocycles. The molecule has 3 aromatic rings. The molecule has 4 rings (SSSR count). The molecule has 1 aromatic heterocycles. The quantitative estimate of drug-likeness (QED) is 0.411. The number of hydrogen-bond donors (Lipinski definition) is 1. The first-order chi connectivity index (χ1) is 15.6. The van der Waals surface area contributed by atoms with Crippen LogP contribution in [0.3, 0.4) is 0 Å². The Kier molecular flexibility index (Phi) is 6.75.